The molecule has 3 aromatic rings. The number of nitrogens with zero attached hydrogens (tertiary/aromatic N) is 2. The molecule has 0 aliphatic rings. The topological polar surface area (TPSA) is 85.4 Å². The number of carbonyl (C=O) groups is 1. The third-order valence-electron chi connectivity index (χ3n) is 4.16. The van der Waals surface area contributed by atoms with Crippen molar-refractivity contribution in [2.45, 2.75) is 13.1 Å². The summed E-state index contributed by atoms with van der Waals surface area (Å²) in [7, 11) is 3.25. The van der Waals surface area contributed by atoms with Crippen LogP contribution >= 0.6 is 0 Å². The van der Waals surface area contributed by atoms with Crippen LogP contribution < -0.4 is 20.1 Å². The number of anilines is 1. The summed E-state index contributed by atoms with van der Waals surface area (Å²) in [6.07, 6.45) is 3.00. The third kappa shape index (κ3) is 4.97. The Bertz CT molecular complexity index is 912. The van der Waals surface area contributed by atoms with Crippen molar-refractivity contribution in [1.82, 2.24) is 15.3 Å². The number of benzene rings is 2. The molecule has 0 atom stereocenters. The summed E-state index contributed by atoms with van der Waals surface area (Å²) in [6.45, 7) is 0.934. The molecule has 0 aliphatic heterocycles. The van der Waals surface area contributed by atoms with Crippen molar-refractivity contribution in [3.63, 3.8) is 0 Å². The second-order valence-corrected chi connectivity index (χ2v) is 5.99. The average Bonchev–Trinajstić information content (AvgIpc) is 2.77. The summed E-state index contributed by atoms with van der Waals surface area (Å²) >= 11 is 0. The Morgan fingerprint density at radius 3 is 2.32 bits per heavy atom. The molecule has 0 unspecified atom stereocenters. The van der Waals surface area contributed by atoms with E-state index in [4.69, 9.17) is 9.47 Å². The second kappa shape index (κ2) is 9.36. The van der Waals surface area contributed by atoms with Crippen molar-refractivity contribution >= 4 is 11.9 Å². The van der Waals surface area contributed by atoms with Crippen molar-refractivity contribution < 1.29 is 14.3 Å². The quantitative estimate of drug-likeness (QED) is 0.627. The minimum absolute atomic E-state index is 0.230. The summed E-state index contributed by atoms with van der Waals surface area (Å²) in [6, 6.07) is 15.2. The molecular formula is C21H22N4O3. The predicted molar refractivity (Wildman–Crippen MR) is 107 cm³/mol. The highest BCUT2D eigenvalue weighted by atomic mass is 16.5. The van der Waals surface area contributed by atoms with Gasteiger partial charge in [-0.15, -0.1) is 0 Å². The summed E-state index contributed by atoms with van der Waals surface area (Å²) in [5, 5.41) is 5.97. The molecule has 1 aromatic heterocycles. The van der Waals surface area contributed by atoms with Gasteiger partial charge in [0.2, 0.25) is 5.95 Å². The number of hydrogen-bond acceptors (Lipinski definition) is 6. The standard InChI is InChI=1S/C21H22N4O3/c1-27-18-9-7-15(8-10-18)11-22-20(26)17-13-24-21(25-14-17)23-12-16-5-3-4-6-19(16)28-2/h3-10,13-14H,11-12H2,1-2H3,(H,22,26)(H,23,24,25). The number of para-hydroxylation sites is 1. The zero-order valence-electron chi connectivity index (χ0n) is 15.8. The van der Waals surface area contributed by atoms with E-state index in [9.17, 15) is 4.79 Å². The lowest BCUT2D eigenvalue weighted by Crippen LogP contribution is -2.23. The van der Waals surface area contributed by atoms with Gasteiger partial charge in [-0.3, -0.25) is 4.79 Å². The Balaban J connectivity index is 1.53. The first-order valence-electron chi connectivity index (χ1n) is 8.78. The third-order valence-corrected chi connectivity index (χ3v) is 4.16. The van der Waals surface area contributed by atoms with Crippen LogP contribution in [0.15, 0.2) is 60.9 Å². The Labute approximate surface area is 163 Å². The van der Waals surface area contributed by atoms with Crippen LogP contribution in [-0.4, -0.2) is 30.1 Å². The number of amides is 1. The van der Waals surface area contributed by atoms with Gasteiger partial charge in [0.25, 0.3) is 5.91 Å². The molecule has 2 N–H and O–H groups in total. The van der Waals surface area contributed by atoms with Crippen molar-refractivity contribution in [3.05, 3.63) is 77.6 Å². The van der Waals surface area contributed by atoms with Crippen LogP contribution in [0.5, 0.6) is 11.5 Å². The highest BCUT2D eigenvalue weighted by Gasteiger charge is 2.08. The van der Waals surface area contributed by atoms with E-state index in [1.54, 1.807) is 14.2 Å². The Kier molecular flexibility index (Phi) is 6.41. The number of aromatic nitrogens is 2. The minimum Gasteiger partial charge on any atom is -0.497 e. The van der Waals surface area contributed by atoms with Gasteiger partial charge < -0.3 is 20.1 Å². The van der Waals surface area contributed by atoms with Crippen molar-refractivity contribution in [2.75, 3.05) is 19.5 Å². The Morgan fingerprint density at radius 1 is 0.929 bits per heavy atom. The molecule has 3 rings (SSSR count). The molecule has 0 aliphatic carbocycles. The van der Waals surface area contributed by atoms with Gasteiger partial charge in [0.1, 0.15) is 11.5 Å². The van der Waals surface area contributed by atoms with Gasteiger partial charge in [0.15, 0.2) is 0 Å². The first-order valence-corrected chi connectivity index (χ1v) is 8.78. The largest absolute Gasteiger partial charge is 0.497 e. The molecule has 7 nitrogen and oxygen atoms in total. The lowest BCUT2D eigenvalue weighted by molar-refractivity contribution is 0.0950. The van der Waals surface area contributed by atoms with Gasteiger partial charge in [-0.25, -0.2) is 9.97 Å². The van der Waals surface area contributed by atoms with Crippen molar-refractivity contribution in [3.8, 4) is 11.5 Å². The first kappa shape index (κ1) is 19.2. The number of methoxy groups -OCH3 is 2. The lowest BCUT2D eigenvalue weighted by Gasteiger charge is -2.10. The van der Waals surface area contributed by atoms with Gasteiger partial charge in [-0.05, 0) is 23.8 Å². The molecule has 0 fully saturated rings. The Hall–Kier alpha value is -3.61. The van der Waals surface area contributed by atoms with Crippen LogP contribution in [0.4, 0.5) is 5.95 Å². The summed E-state index contributed by atoms with van der Waals surface area (Å²) in [5.41, 5.74) is 2.37. The van der Waals surface area contributed by atoms with Gasteiger partial charge in [0, 0.05) is 31.0 Å². The second-order valence-electron chi connectivity index (χ2n) is 5.99. The van der Waals surface area contributed by atoms with Gasteiger partial charge in [-0.1, -0.05) is 30.3 Å². The fraction of sp³-hybridized carbons (Fsp3) is 0.190. The van der Waals surface area contributed by atoms with Crippen LogP contribution in [0, 0.1) is 0 Å². The molecule has 0 spiro atoms. The van der Waals surface area contributed by atoms with E-state index < -0.39 is 0 Å². The lowest BCUT2D eigenvalue weighted by atomic mass is 10.2. The normalized spacial score (nSPS) is 10.2. The molecular weight excluding hydrogens is 356 g/mol. The van der Waals surface area contributed by atoms with Crippen LogP contribution in [0.3, 0.4) is 0 Å². The van der Waals surface area contributed by atoms with Gasteiger partial charge in [0.05, 0.1) is 19.8 Å². The molecule has 1 amide bonds. The maximum absolute atomic E-state index is 12.3. The smallest absolute Gasteiger partial charge is 0.254 e. The molecule has 0 bridgehead atoms. The van der Waals surface area contributed by atoms with Crippen LogP contribution in [-0.2, 0) is 13.1 Å². The number of carbonyl (C=O) groups excluding carboxylic acids is 1. The zero-order valence-corrected chi connectivity index (χ0v) is 15.8. The molecule has 28 heavy (non-hydrogen) atoms. The SMILES string of the molecule is COc1ccc(CNC(=O)c2cnc(NCc3ccccc3OC)nc2)cc1. The van der Waals surface area contributed by atoms with E-state index in [2.05, 4.69) is 20.6 Å². The summed E-state index contributed by atoms with van der Waals surface area (Å²) in [5.74, 6) is 1.79. The molecule has 7 heteroatoms. The summed E-state index contributed by atoms with van der Waals surface area (Å²) < 4.78 is 10.4. The predicted octanol–water partition coefficient (Wildman–Crippen LogP) is 3.04. The van der Waals surface area contributed by atoms with Crippen LogP contribution in [0.25, 0.3) is 0 Å². The number of hydrogen-bond donors (Lipinski definition) is 2. The number of rotatable bonds is 8. The fourth-order valence-corrected chi connectivity index (χ4v) is 2.59. The van der Waals surface area contributed by atoms with E-state index in [1.165, 1.54) is 12.4 Å². The van der Waals surface area contributed by atoms with E-state index >= 15 is 0 Å². The highest BCUT2D eigenvalue weighted by molar-refractivity contribution is 5.93. The maximum atomic E-state index is 12.3. The monoisotopic (exact) mass is 378 g/mol. The van der Waals surface area contributed by atoms with Gasteiger partial charge in [-0.2, -0.15) is 0 Å². The first-order chi connectivity index (χ1) is 13.7. The number of nitrogens with one attached hydrogen (secondary N) is 2. The highest BCUT2D eigenvalue weighted by Crippen LogP contribution is 2.18. The zero-order chi connectivity index (χ0) is 19.8. The minimum atomic E-state index is -0.230. The van der Waals surface area contributed by atoms with Crippen LogP contribution in [0.1, 0.15) is 21.5 Å². The van der Waals surface area contributed by atoms with E-state index in [0.717, 1.165) is 22.6 Å². The molecule has 144 valence electrons. The van der Waals surface area contributed by atoms with Crippen molar-refractivity contribution in [2.24, 2.45) is 0 Å². The fourth-order valence-electron chi connectivity index (χ4n) is 2.59. The van der Waals surface area contributed by atoms with E-state index in [-0.39, 0.29) is 5.91 Å². The van der Waals surface area contributed by atoms with Gasteiger partial charge >= 0.3 is 0 Å². The summed E-state index contributed by atoms with van der Waals surface area (Å²) in [4.78, 5) is 20.7. The van der Waals surface area contributed by atoms with Crippen molar-refractivity contribution in [1.29, 1.82) is 0 Å². The molecule has 0 saturated carbocycles. The number of ether oxygens (including phenoxy) is 2. The maximum Gasteiger partial charge on any atom is 0.254 e. The van der Waals surface area contributed by atoms with Crippen LogP contribution in [0.2, 0.25) is 0 Å². The molecule has 0 saturated heterocycles. The molecule has 1 heterocycles. The molecule has 0 radical (unpaired) electrons. The Morgan fingerprint density at radius 2 is 1.64 bits per heavy atom. The van der Waals surface area contributed by atoms with E-state index in [1.807, 2.05) is 48.5 Å². The van der Waals surface area contributed by atoms with E-state index in [0.29, 0.717) is 24.6 Å². The molecule has 2 aromatic carbocycles. The average molecular weight is 378 g/mol.